The summed E-state index contributed by atoms with van der Waals surface area (Å²) in [4.78, 5) is 13.3. The number of ether oxygens (including phenoxy) is 4. The molecule has 2 aliphatic heterocycles. The van der Waals surface area contributed by atoms with Gasteiger partial charge in [0.05, 0.1) is 32.0 Å². The Bertz CT molecular complexity index is 1200. The molecular formula is C50H95NO15. The van der Waals surface area contributed by atoms with E-state index in [1.165, 1.54) is 109 Å². The van der Waals surface area contributed by atoms with Gasteiger partial charge < -0.3 is 75.3 Å². The van der Waals surface area contributed by atoms with Crippen LogP contribution >= 0.6 is 0 Å². The molecule has 16 heteroatoms. The number of hydrogen-bond donors (Lipinski definition) is 11. The number of allylic oxidation sites excluding steroid dienone is 2. The molecule has 0 aromatic carbocycles. The Balaban J connectivity index is 1.92. The highest BCUT2D eigenvalue weighted by Crippen LogP contribution is 2.30. The molecule has 14 atom stereocenters. The van der Waals surface area contributed by atoms with Crippen LogP contribution < -0.4 is 5.32 Å². The van der Waals surface area contributed by atoms with Crippen molar-refractivity contribution in [1.82, 2.24) is 5.32 Å². The third-order valence-electron chi connectivity index (χ3n) is 13.2. The molecule has 2 heterocycles. The number of carbonyl (C=O) groups excluding carboxylic acids is 1. The fourth-order valence-electron chi connectivity index (χ4n) is 8.75. The summed E-state index contributed by atoms with van der Waals surface area (Å²) in [5.41, 5.74) is 0. The number of carbonyl (C=O) groups is 1. The summed E-state index contributed by atoms with van der Waals surface area (Å²) in [7, 11) is 0. The molecule has 2 fully saturated rings. The molecule has 1 amide bonds. The smallest absolute Gasteiger partial charge is 0.249 e. The van der Waals surface area contributed by atoms with Crippen molar-refractivity contribution >= 4 is 5.91 Å². The summed E-state index contributed by atoms with van der Waals surface area (Å²) < 4.78 is 22.5. The van der Waals surface area contributed by atoms with Crippen LogP contribution in [-0.4, -0.2) is 163 Å². The van der Waals surface area contributed by atoms with E-state index < -0.39 is 111 Å². The lowest BCUT2D eigenvalue weighted by molar-refractivity contribution is -0.359. The minimum absolute atomic E-state index is 0.201. The average molecular weight is 950 g/mol. The summed E-state index contributed by atoms with van der Waals surface area (Å²) in [5, 5.41) is 108. The van der Waals surface area contributed by atoms with Crippen molar-refractivity contribution in [3.05, 3.63) is 12.2 Å². The standard InChI is InChI=1S/C50H95NO15/c1-3-5-7-9-11-13-15-17-18-19-20-22-23-25-27-29-31-37(54)41(56)36(51-48(62)38(55)32-30-28-26-24-21-16-14-12-10-8-6-4-2)35-63-49-46(61)44(59)47(40(34-53)65-49)66-50-45(60)43(58)42(57)39(33-52)64-50/h22-23,36-47,49-50,52-61H,3-21,24-35H2,1-2H3,(H,51,62). The Hall–Kier alpha value is -1.35. The molecule has 66 heavy (non-hydrogen) atoms. The molecule has 2 saturated heterocycles. The Morgan fingerprint density at radius 1 is 0.545 bits per heavy atom. The molecule has 0 aromatic rings. The molecule has 16 nitrogen and oxygen atoms in total. The highest BCUT2D eigenvalue weighted by molar-refractivity contribution is 5.80. The molecule has 2 rings (SSSR count). The molecule has 11 N–H and O–H groups in total. The van der Waals surface area contributed by atoms with Crippen molar-refractivity contribution in [3.8, 4) is 0 Å². The van der Waals surface area contributed by atoms with E-state index in [0.29, 0.717) is 12.8 Å². The topological polar surface area (TPSA) is 268 Å². The SMILES string of the molecule is CCCCCCCCCCCCC=CCCCCC(O)C(O)C(COC1OC(CO)C(OC2OC(CO)C(O)C(O)C2O)C(O)C1O)NC(=O)C(O)CCCCCCCCCCCCCC. The van der Waals surface area contributed by atoms with E-state index in [2.05, 4.69) is 31.3 Å². The number of nitrogens with one attached hydrogen (secondary N) is 1. The van der Waals surface area contributed by atoms with E-state index in [9.17, 15) is 55.9 Å². The van der Waals surface area contributed by atoms with E-state index in [0.717, 1.165) is 44.9 Å². The van der Waals surface area contributed by atoms with Crippen LogP contribution in [0.25, 0.3) is 0 Å². The molecule has 390 valence electrons. The van der Waals surface area contributed by atoms with E-state index in [4.69, 9.17) is 18.9 Å². The largest absolute Gasteiger partial charge is 0.394 e. The predicted octanol–water partition coefficient (Wildman–Crippen LogP) is 4.71. The third kappa shape index (κ3) is 24.0. The number of rotatable bonds is 40. The molecule has 0 aromatic heterocycles. The van der Waals surface area contributed by atoms with Gasteiger partial charge >= 0.3 is 0 Å². The third-order valence-corrected chi connectivity index (χ3v) is 13.2. The molecule has 0 saturated carbocycles. The first-order valence-electron chi connectivity index (χ1n) is 26.1. The lowest BCUT2D eigenvalue weighted by atomic mass is 9.97. The second-order valence-electron chi connectivity index (χ2n) is 18.9. The zero-order valence-electron chi connectivity index (χ0n) is 40.7. The minimum Gasteiger partial charge on any atom is -0.394 e. The predicted molar refractivity (Wildman–Crippen MR) is 252 cm³/mol. The summed E-state index contributed by atoms with van der Waals surface area (Å²) in [6, 6.07) is -1.28. The highest BCUT2D eigenvalue weighted by atomic mass is 16.7. The summed E-state index contributed by atoms with van der Waals surface area (Å²) in [6.45, 7) is 2.40. The monoisotopic (exact) mass is 950 g/mol. The molecule has 2 aliphatic rings. The van der Waals surface area contributed by atoms with Gasteiger partial charge in [-0.1, -0.05) is 167 Å². The van der Waals surface area contributed by atoms with Gasteiger partial charge in [-0.25, -0.2) is 0 Å². The van der Waals surface area contributed by atoms with Crippen molar-refractivity contribution in [3.63, 3.8) is 0 Å². The van der Waals surface area contributed by atoms with Gasteiger partial charge in [0.25, 0.3) is 0 Å². The Morgan fingerprint density at radius 2 is 0.985 bits per heavy atom. The number of unbranched alkanes of at least 4 members (excludes halogenated alkanes) is 23. The minimum atomic E-state index is -1.85. The fourth-order valence-corrected chi connectivity index (χ4v) is 8.75. The van der Waals surface area contributed by atoms with Crippen LogP contribution in [0, 0.1) is 0 Å². The van der Waals surface area contributed by atoms with Crippen molar-refractivity contribution in [2.75, 3.05) is 19.8 Å². The van der Waals surface area contributed by atoms with Crippen LogP contribution in [0.1, 0.15) is 194 Å². The number of amides is 1. The van der Waals surface area contributed by atoms with Crippen LogP contribution in [-0.2, 0) is 23.7 Å². The number of hydrogen-bond acceptors (Lipinski definition) is 15. The maximum absolute atomic E-state index is 13.3. The lowest BCUT2D eigenvalue weighted by Gasteiger charge is -2.46. The molecule has 0 radical (unpaired) electrons. The van der Waals surface area contributed by atoms with Crippen LogP contribution in [0.5, 0.6) is 0 Å². The maximum Gasteiger partial charge on any atom is 0.249 e. The normalized spacial score (nSPS) is 27.8. The fraction of sp³-hybridized carbons (Fsp3) is 0.940. The van der Waals surface area contributed by atoms with E-state index >= 15 is 0 Å². The van der Waals surface area contributed by atoms with Crippen LogP contribution in [0.2, 0.25) is 0 Å². The van der Waals surface area contributed by atoms with Gasteiger partial charge in [0.2, 0.25) is 5.91 Å². The van der Waals surface area contributed by atoms with Gasteiger partial charge in [0, 0.05) is 0 Å². The van der Waals surface area contributed by atoms with Gasteiger partial charge in [-0.15, -0.1) is 0 Å². The lowest BCUT2D eigenvalue weighted by Crippen LogP contribution is -2.65. The average Bonchev–Trinajstić information content (AvgIpc) is 3.31. The van der Waals surface area contributed by atoms with Crippen molar-refractivity contribution in [1.29, 1.82) is 0 Å². The Morgan fingerprint density at radius 3 is 1.50 bits per heavy atom. The van der Waals surface area contributed by atoms with Crippen molar-refractivity contribution < 1.29 is 74.8 Å². The summed E-state index contributed by atoms with van der Waals surface area (Å²) in [5.74, 6) is -0.767. The maximum atomic E-state index is 13.3. The molecule has 0 aliphatic carbocycles. The molecule has 14 unspecified atom stereocenters. The van der Waals surface area contributed by atoms with Gasteiger partial charge in [-0.3, -0.25) is 4.79 Å². The first kappa shape index (κ1) is 60.8. The zero-order valence-corrected chi connectivity index (χ0v) is 40.7. The molecular weight excluding hydrogens is 855 g/mol. The van der Waals surface area contributed by atoms with Gasteiger partial charge in [-0.2, -0.15) is 0 Å². The first-order chi connectivity index (χ1) is 31.9. The van der Waals surface area contributed by atoms with E-state index in [1.807, 2.05) is 0 Å². The second-order valence-corrected chi connectivity index (χ2v) is 18.9. The highest BCUT2D eigenvalue weighted by Gasteiger charge is 2.51. The Kier molecular flexibility index (Phi) is 34.5. The van der Waals surface area contributed by atoms with E-state index in [-0.39, 0.29) is 12.8 Å². The van der Waals surface area contributed by atoms with Gasteiger partial charge in [0.1, 0.15) is 61.0 Å². The first-order valence-corrected chi connectivity index (χ1v) is 26.1. The summed E-state index contributed by atoms with van der Waals surface area (Å²) in [6.07, 6.45) is 13.7. The second kappa shape index (κ2) is 37.5. The zero-order chi connectivity index (χ0) is 48.5. The van der Waals surface area contributed by atoms with Crippen LogP contribution in [0.15, 0.2) is 12.2 Å². The van der Waals surface area contributed by atoms with Gasteiger partial charge in [0.15, 0.2) is 12.6 Å². The quantitative estimate of drug-likeness (QED) is 0.0293. The van der Waals surface area contributed by atoms with Crippen LogP contribution in [0.4, 0.5) is 0 Å². The molecule has 0 spiro atoms. The number of aliphatic hydroxyl groups is 10. The van der Waals surface area contributed by atoms with Gasteiger partial charge in [-0.05, 0) is 38.5 Å². The van der Waals surface area contributed by atoms with E-state index in [1.54, 1.807) is 0 Å². The van der Waals surface area contributed by atoms with Crippen molar-refractivity contribution in [2.24, 2.45) is 0 Å². The summed E-state index contributed by atoms with van der Waals surface area (Å²) >= 11 is 0. The Labute approximate surface area is 396 Å². The van der Waals surface area contributed by atoms with Crippen molar-refractivity contribution in [2.45, 2.75) is 279 Å². The number of aliphatic hydroxyl groups excluding tert-OH is 10. The molecule has 0 bridgehead atoms. The van der Waals surface area contributed by atoms with Crippen LogP contribution in [0.3, 0.4) is 0 Å².